The standard InChI is InChI=1S/C16H20F3N/c17-16(18,19)12-6-7-15-14(10-12)13(8-9-20-15)11-4-2-1-3-5-11/h6-7,10-11,13,20H,1-5,8-9H2. The zero-order valence-electron chi connectivity index (χ0n) is 11.5. The average molecular weight is 283 g/mol. The van der Waals surface area contributed by atoms with Crippen molar-refractivity contribution in [3.63, 3.8) is 0 Å². The van der Waals surface area contributed by atoms with Gasteiger partial charge in [-0.3, -0.25) is 0 Å². The van der Waals surface area contributed by atoms with Crippen molar-refractivity contribution in [2.45, 2.75) is 50.6 Å². The van der Waals surface area contributed by atoms with Crippen LogP contribution >= 0.6 is 0 Å². The SMILES string of the molecule is FC(F)(F)c1ccc2c(c1)C(C1CCCCC1)CCN2. The summed E-state index contributed by atoms with van der Waals surface area (Å²) >= 11 is 0. The van der Waals surface area contributed by atoms with Gasteiger partial charge in [-0.25, -0.2) is 0 Å². The highest BCUT2D eigenvalue weighted by molar-refractivity contribution is 5.56. The molecular weight excluding hydrogens is 263 g/mol. The second-order valence-electron chi connectivity index (χ2n) is 6.02. The van der Waals surface area contributed by atoms with Crippen molar-refractivity contribution >= 4 is 5.69 Å². The molecule has 1 aliphatic heterocycles. The summed E-state index contributed by atoms with van der Waals surface area (Å²) in [6.07, 6.45) is 2.77. The van der Waals surface area contributed by atoms with Crippen molar-refractivity contribution in [3.8, 4) is 0 Å². The monoisotopic (exact) mass is 283 g/mol. The Kier molecular flexibility index (Phi) is 3.65. The summed E-state index contributed by atoms with van der Waals surface area (Å²) in [5, 5.41) is 3.24. The van der Waals surface area contributed by atoms with Crippen molar-refractivity contribution in [2.24, 2.45) is 5.92 Å². The maximum Gasteiger partial charge on any atom is 0.416 e. The summed E-state index contributed by atoms with van der Waals surface area (Å²) in [4.78, 5) is 0. The number of rotatable bonds is 1. The molecule has 1 aromatic rings. The van der Waals surface area contributed by atoms with Gasteiger partial charge in [0.25, 0.3) is 0 Å². The van der Waals surface area contributed by atoms with Crippen LogP contribution in [0.5, 0.6) is 0 Å². The fraction of sp³-hybridized carbons (Fsp3) is 0.625. The Bertz CT molecular complexity index is 475. The second kappa shape index (κ2) is 5.30. The molecule has 0 radical (unpaired) electrons. The minimum Gasteiger partial charge on any atom is -0.385 e. The molecule has 1 unspecified atom stereocenters. The van der Waals surface area contributed by atoms with Crippen LogP contribution in [0.4, 0.5) is 18.9 Å². The van der Waals surface area contributed by atoms with E-state index in [9.17, 15) is 13.2 Å². The van der Waals surface area contributed by atoms with E-state index in [2.05, 4.69) is 5.32 Å². The first-order valence-corrected chi connectivity index (χ1v) is 7.51. The lowest BCUT2D eigenvalue weighted by atomic mass is 9.73. The third kappa shape index (κ3) is 2.65. The van der Waals surface area contributed by atoms with E-state index in [4.69, 9.17) is 0 Å². The molecule has 1 N–H and O–H groups in total. The van der Waals surface area contributed by atoms with E-state index in [1.54, 1.807) is 6.07 Å². The number of hydrogen-bond donors (Lipinski definition) is 1. The molecular formula is C16H20F3N. The van der Waals surface area contributed by atoms with Crippen LogP contribution in [-0.4, -0.2) is 6.54 Å². The smallest absolute Gasteiger partial charge is 0.385 e. The van der Waals surface area contributed by atoms with Gasteiger partial charge in [0, 0.05) is 12.2 Å². The van der Waals surface area contributed by atoms with E-state index in [1.165, 1.54) is 44.2 Å². The summed E-state index contributed by atoms with van der Waals surface area (Å²) in [5.41, 5.74) is 1.28. The number of alkyl halides is 3. The Morgan fingerprint density at radius 1 is 1.00 bits per heavy atom. The van der Waals surface area contributed by atoms with E-state index in [1.807, 2.05) is 0 Å². The van der Waals surface area contributed by atoms with Gasteiger partial charge in [-0.2, -0.15) is 13.2 Å². The Morgan fingerprint density at radius 2 is 1.75 bits per heavy atom. The number of benzene rings is 1. The molecule has 110 valence electrons. The molecule has 2 aliphatic rings. The normalized spacial score (nSPS) is 24.1. The summed E-state index contributed by atoms with van der Waals surface area (Å²) in [7, 11) is 0. The maximum absolute atomic E-state index is 12.9. The third-order valence-electron chi connectivity index (χ3n) is 4.77. The van der Waals surface area contributed by atoms with Gasteiger partial charge in [0.15, 0.2) is 0 Å². The van der Waals surface area contributed by atoms with Crippen molar-refractivity contribution in [1.29, 1.82) is 0 Å². The molecule has 1 atom stereocenters. The van der Waals surface area contributed by atoms with Gasteiger partial charge in [0.05, 0.1) is 5.56 Å². The lowest BCUT2D eigenvalue weighted by Gasteiger charge is -2.35. The van der Waals surface area contributed by atoms with Gasteiger partial charge in [0.2, 0.25) is 0 Å². The van der Waals surface area contributed by atoms with Crippen LogP contribution < -0.4 is 5.32 Å². The molecule has 1 aliphatic carbocycles. The van der Waals surface area contributed by atoms with Crippen LogP contribution in [0.1, 0.15) is 55.6 Å². The van der Waals surface area contributed by atoms with Crippen LogP contribution in [0.2, 0.25) is 0 Å². The van der Waals surface area contributed by atoms with Crippen LogP contribution in [0.3, 0.4) is 0 Å². The highest BCUT2D eigenvalue weighted by Crippen LogP contribution is 2.44. The number of nitrogens with one attached hydrogen (secondary N) is 1. The van der Waals surface area contributed by atoms with Crippen molar-refractivity contribution < 1.29 is 13.2 Å². The molecule has 20 heavy (non-hydrogen) atoms. The predicted octanol–water partition coefficient (Wildman–Crippen LogP) is 5.18. The highest BCUT2D eigenvalue weighted by Gasteiger charge is 2.34. The Labute approximate surface area is 117 Å². The summed E-state index contributed by atoms with van der Waals surface area (Å²) in [6, 6.07) is 4.17. The van der Waals surface area contributed by atoms with Crippen molar-refractivity contribution in [1.82, 2.24) is 0 Å². The van der Waals surface area contributed by atoms with E-state index in [0.29, 0.717) is 11.8 Å². The summed E-state index contributed by atoms with van der Waals surface area (Å²) in [6.45, 7) is 0.875. The average Bonchev–Trinajstić information content (AvgIpc) is 2.46. The Morgan fingerprint density at radius 3 is 2.45 bits per heavy atom. The lowest BCUT2D eigenvalue weighted by molar-refractivity contribution is -0.137. The minimum absolute atomic E-state index is 0.300. The van der Waals surface area contributed by atoms with Crippen LogP contribution in [0, 0.1) is 5.92 Å². The van der Waals surface area contributed by atoms with Gasteiger partial charge in [-0.05, 0) is 54.9 Å². The van der Waals surface area contributed by atoms with Gasteiger partial charge >= 0.3 is 6.18 Å². The highest BCUT2D eigenvalue weighted by atomic mass is 19.4. The molecule has 0 amide bonds. The Hall–Kier alpha value is -1.19. The Balaban J connectivity index is 1.93. The third-order valence-corrected chi connectivity index (χ3v) is 4.77. The molecule has 1 fully saturated rings. The molecule has 1 aromatic carbocycles. The van der Waals surface area contributed by atoms with Crippen LogP contribution in [0.15, 0.2) is 18.2 Å². The quantitative estimate of drug-likeness (QED) is 0.748. The molecule has 1 saturated carbocycles. The van der Waals surface area contributed by atoms with Crippen molar-refractivity contribution in [2.75, 3.05) is 11.9 Å². The number of halogens is 3. The number of hydrogen-bond acceptors (Lipinski definition) is 1. The predicted molar refractivity (Wildman–Crippen MR) is 73.9 cm³/mol. The molecule has 0 saturated heterocycles. The molecule has 3 rings (SSSR count). The lowest BCUT2D eigenvalue weighted by Crippen LogP contribution is -2.25. The van der Waals surface area contributed by atoms with Gasteiger partial charge in [-0.1, -0.05) is 19.3 Å². The fourth-order valence-electron chi connectivity index (χ4n) is 3.75. The molecule has 4 heteroatoms. The minimum atomic E-state index is -4.25. The van der Waals surface area contributed by atoms with E-state index in [-0.39, 0.29) is 0 Å². The fourth-order valence-corrected chi connectivity index (χ4v) is 3.75. The van der Waals surface area contributed by atoms with Crippen LogP contribution in [-0.2, 0) is 6.18 Å². The second-order valence-corrected chi connectivity index (χ2v) is 6.02. The zero-order valence-corrected chi connectivity index (χ0v) is 11.5. The first-order valence-electron chi connectivity index (χ1n) is 7.51. The van der Waals surface area contributed by atoms with E-state index < -0.39 is 11.7 Å². The largest absolute Gasteiger partial charge is 0.416 e. The van der Waals surface area contributed by atoms with Crippen LogP contribution in [0.25, 0.3) is 0 Å². The molecule has 1 heterocycles. The van der Waals surface area contributed by atoms with E-state index >= 15 is 0 Å². The van der Waals surface area contributed by atoms with Gasteiger partial charge in [0.1, 0.15) is 0 Å². The summed E-state index contributed by atoms with van der Waals surface area (Å²) in [5.74, 6) is 0.863. The molecule has 1 nitrogen and oxygen atoms in total. The topological polar surface area (TPSA) is 12.0 Å². The first kappa shape index (κ1) is 13.8. The van der Waals surface area contributed by atoms with Gasteiger partial charge < -0.3 is 5.32 Å². The maximum atomic E-state index is 12.9. The molecule has 0 aromatic heterocycles. The molecule has 0 spiro atoms. The van der Waals surface area contributed by atoms with Crippen molar-refractivity contribution in [3.05, 3.63) is 29.3 Å². The number of fused-ring (bicyclic) bond motifs is 1. The van der Waals surface area contributed by atoms with Gasteiger partial charge in [-0.15, -0.1) is 0 Å². The number of anilines is 1. The van der Waals surface area contributed by atoms with E-state index in [0.717, 1.165) is 24.2 Å². The zero-order chi connectivity index (χ0) is 14.2. The summed E-state index contributed by atoms with van der Waals surface area (Å²) < 4.78 is 38.7. The first-order chi connectivity index (χ1) is 9.55. The molecule has 0 bridgehead atoms.